The molecule has 0 bridgehead atoms. The summed E-state index contributed by atoms with van der Waals surface area (Å²) in [4.78, 5) is 28.5. The zero-order valence-electron chi connectivity index (χ0n) is 12.1. The minimum Gasteiger partial charge on any atom is -0.462 e. The van der Waals surface area contributed by atoms with Crippen molar-refractivity contribution in [3.63, 3.8) is 0 Å². The van der Waals surface area contributed by atoms with Crippen molar-refractivity contribution in [2.45, 2.75) is 27.2 Å². The van der Waals surface area contributed by atoms with Gasteiger partial charge in [0.15, 0.2) is 0 Å². The van der Waals surface area contributed by atoms with Crippen LogP contribution in [0.3, 0.4) is 0 Å². The molecular weight excluding hydrogens is 308 g/mol. The molecule has 7 heteroatoms. The number of nitrogens with one attached hydrogen (secondary N) is 1. The van der Waals surface area contributed by atoms with Gasteiger partial charge in [0.2, 0.25) is 5.91 Å². The number of amides is 1. The topological polar surface area (TPSA) is 68.3 Å². The zero-order chi connectivity index (χ0) is 15.4. The fourth-order valence-corrected chi connectivity index (χ4v) is 3.37. The smallest absolute Gasteiger partial charge is 0.348 e. The van der Waals surface area contributed by atoms with E-state index in [2.05, 4.69) is 10.3 Å². The van der Waals surface area contributed by atoms with Crippen molar-refractivity contribution in [1.82, 2.24) is 4.98 Å². The van der Waals surface area contributed by atoms with Crippen LogP contribution in [-0.2, 0) is 16.0 Å². The van der Waals surface area contributed by atoms with E-state index >= 15 is 0 Å². The van der Waals surface area contributed by atoms with Crippen LogP contribution in [0.5, 0.6) is 0 Å². The molecule has 0 aliphatic carbocycles. The van der Waals surface area contributed by atoms with Crippen molar-refractivity contribution in [3.8, 4) is 0 Å². The molecule has 0 aliphatic rings. The van der Waals surface area contributed by atoms with Crippen LogP contribution < -0.4 is 5.32 Å². The predicted octanol–water partition coefficient (Wildman–Crippen LogP) is 3.18. The van der Waals surface area contributed by atoms with E-state index < -0.39 is 0 Å². The maximum absolute atomic E-state index is 12.0. The Labute approximate surface area is 131 Å². The van der Waals surface area contributed by atoms with Crippen LogP contribution in [0.15, 0.2) is 11.4 Å². The molecule has 2 aromatic heterocycles. The number of rotatable bonds is 5. The van der Waals surface area contributed by atoms with Gasteiger partial charge in [-0.05, 0) is 32.4 Å². The molecule has 0 aromatic carbocycles. The van der Waals surface area contributed by atoms with E-state index in [1.54, 1.807) is 13.0 Å². The standard InChI is InChI=1S/C14H16N2O3S2/c1-4-19-14(18)13-8(2)5-12(21-13)16-11(17)6-10-7-20-9(3)15-10/h5,7H,4,6H2,1-3H3,(H,16,17). The molecule has 5 nitrogen and oxygen atoms in total. The summed E-state index contributed by atoms with van der Waals surface area (Å²) >= 11 is 2.75. The minimum atomic E-state index is -0.351. The number of carbonyl (C=O) groups is 2. The molecule has 2 heterocycles. The van der Waals surface area contributed by atoms with Crippen LogP contribution >= 0.6 is 22.7 Å². The SMILES string of the molecule is CCOC(=O)c1sc(NC(=O)Cc2csc(C)n2)cc1C. The number of aryl methyl sites for hydroxylation is 2. The fraction of sp³-hybridized carbons (Fsp3) is 0.357. The lowest BCUT2D eigenvalue weighted by molar-refractivity contribution is -0.115. The summed E-state index contributed by atoms with van der Waals surface area (Å²) in [5.74, 6) is -0.493. The molecule has 112 valence electrons. The Morgan fingerprint density at radius 3 is 2.76 bits per heavy atom. The van der Waals surface area contributed by atoms with Crippen LogP contribution in [0.25, 0.3) is 0 Å². The number of aromatic nitrogens is 1. The Kier molecular flexibility index (Phi) is 5.08. The highest BCUT2D eigenvalue weighted by Gasteiger charge is 2.16. The number of ether oxygens (including phenoxy) is 1. The van der Waals surface area contributed by atoms with E-state index in [1.165, 1.54) is 22.7 Å². The largest absolute Gasteiger partial charge is 0.462 e. The second-order valence-electron chi connectivity index (χ2n) is 4.43. The van der Waals surface area contributed by atoms with E-state index in [0.717, 1.165) is 16.3 Å². The highest BCUT2D eigenvalue weighted by molar-refractivity contribution is 7.18. The molecule has 1 N–H and O–H groups in total. The Hall–Kier alpha value is -1.73. The summed E-state index contributed by atoms with van der Waals surface area (Å²) in [7, 11) is 0. The number of hydrogen-bond donors (Lipinski definition) is 1. The molecule has 0 radical (unpaired) electrons. The molecule has 0 spiro atoms. The van der Waals surface area contributed by atoms with Crippen molar-refractivity contribution in [2.24, 2.45) is 0 Å². The molecule has 2 aromatic rings. The van der Waals surface area contributed by atoms with E-state index in [9.17, 15) is 9.59 Å². The molecule has 0 unspecified atom stereocenters. The van der Waals surface area contributed by atoms with Crippen LogP contribution in [0.1, 0.15) is 32.9 Å². The van der Waals surface area contributed by atoms with Crippen molar-refractivity contribution in [3.05, 3.63) is 32.6 Å². The van der Waals surface area contributed by atoms with Crippen LogP contribution in [0, 0.1) is 13.8 Å². The maximum Gasteiger partial charge on any atom is 0.348 e. The Balaban J connectivity index is 2.01. The third kappa shape index (κ3) is 4.12. The molecule has 0 saturated carbocycles. The normalized spacial score (nSPS) is 10.4. The number of carbonyl (C=O) groups excluding carboxylic acids is 2. The van der Waals surface area contributed by atoms with Crippen molar-refractivity contribution < 1.29 is 14.3 Å². The van der Waals surface area contributed by atoms with Gasteiger partial charge >= 0.3 is 5.97 Å². The lowest BCUT2D eigenvalue weighted by atomic mass is 10.3. The van der Waals surface area contributed by atoms with E-state index in [0.29, 0.717) is 16.5 Å². The third-order valence-electron chi connectivity index (χ3n) is 2.65. The number of esters is 1. The molecule has 0 aliphatic heterocycles. The summed E-state index contributed by atoms with van der Waals surface area (Å²) < 4.78 is 4.98. The molecule has 0 saturated heterocycles. The van der Waals surface area contributed by atoms with Crippen molar-refractivity contribution >= 4 is 39.6 Å². The van der Waals surface area contributed by atoms with Gasteiger partial charge in [-0.2, -0.15) is 0 Å². The first-order valence-corrected chi connectivity index (χ1v) is 8.17. The first-order valence-electron chi connectivity index (χ1n) is 6.48. The Morgan fingerprint density at radius 1 is 1.38 bits per heavy atom. The number of anilines is 1. The minimum absolute atomic E-state index is 0.142. The van der Waals surface area contributed by atoms with Gasteiger partial charge < -0.3 is 10.1 Å². The second kappa shape index (κ2) is 6.82. The zero-order valence-corrected chi connectivity index (χ0v) is 13.7. The van der Waals surface area contributed by atoms with Crippen molar-refractivity contribution in [2.75, 3.05) is 11.9 Å². The van der Waals surface area contributed by atoms with E-state index in [1.807, 2.05) is 19.2 Å². The van der Waals surface area contributed by atoms with Gasteiger partial charge in [-0.1, -0.05) is 0 Å². The van der Waals surface area contributed by atoms with Crippen LogP contribution in [-0.4, -0.2) is 23.5 Å². The quantitative estimate of drug-likeness (QED) is 0.858. The Morgan fingerprint density at radius 2 is 2.14 bits per heavy atom. The lowest BCUT2D eigenvalue weighted by Gasteiger charge is -2.00. The molecule has 0 fully saturated rings. The van der Waals surface area contributed by atoms with Crippen LogP contribution in [0.4, 0.5) is 5.00 Å². The van der Waals surface area contributed by atoms with Gasteiger partial charge in [0.1, 0.15) is 4.88 Å². The highest BCUT2D eigenvalue weighted by Crippen LogP contribution is 2.27. The van der Waals surface area contributed by atoms with Gasteiger partial charge in [-0.25, -0.2) is 9.78 Å². The van der Waals surface area contributed by atoms with Gasteiger partial charge in [0.05, 0.1) is 28.7 Å². The summed E-state index contributed by atoms with van der Waals surface area (Å²) in [5, 5.41) is 6.25. The third-order valence-corrected chi connectivity index (χ3v) is 4.60. The predicted molar refractivity (Wildman–Crippen MR) is 84.2 cm³/mol. The van der Waals surface area contributed by atoms with Crippen LogP contribution in [0.2, 0.25) is 0 Å². The number of hydrogen-bond acceptors (Lipinski definition) is 6. The average Bonchev–Trinajstić information content (AvgIpc) is 2.96. The number of thiophene rings is 1. The Bertz CT molecular complexity index is 661. The summed E-state index contributed by atoms with van der Waals surface area (Å²) in [6.45, 7) is 5.82. The fourth-order valence-electron chi connectivity index (χ4n) is 1.78. The molecule has 0 atom stereocenters. The summed E-state index contributed by atoms with van der Waals surface area (Å²) in [5.41, 5.74) is 1.56. The highest BCUT2D eigenvalue weighted by atomic mass is 32.1. The molecule has 2 rings (SSSR count). The monoisotopic (exact) mass is 324 g/mol. The van der Waals surface area contributed by atoms with Gasteiger partial charge in [-0.3, -0.25) is 4.79 Å². The summed E-state index contributed by atoms with van der Waals surface area (Å²) in [6.07, 6.45) is 0.232. The van der Waals surface area contributed by atoms with Crippen molar-refractivity contribution in [1.29, 1.82) is 0 Å². The first kappa shape index (κ1) is 15.7. The molecular formula is C14H16N2O3S2. The summed E-state index contributed by atoms with van der Waals surface area (Å²) in [6, 6.07) is 1.78. The van der Waals surface area contributed by atoms with E-state index in [4.69, 9.17) is 4.74 Å². The van der Waals surface area contributed by atoms with Gasteiger partial charge in [-0.15, -0.1) is 22.7 Å². The molecule has 21 heavy (non-hydrogen) atoms. The number of thiazole rings is 1. The van der Waals surface area contributed by atoms with Gasteiger partial charge in [0, 0.05) is 5.38 Å². The lowest BCUT2D eigenvalue weighted by Crippen LogP contribution is -2.13. The molecule has 1 amide bonds. The first-order chi connectivity index (χ1) is 9.99. The second-order valence-corrected chi connectivity index (χ2v) is 6.54. The van der Waals surface area contributed by atoms with Gasteiger partial charge in [0.25, 0.3) is 0 Å². The average molecular weight is 324 g/mol. The van der Waals surface area contributed by atoms with E-state index in [-0.39, 0.29) is 18.3 Å². The maximum atomic E-state index is 12.0. The number of nitrogens with zero attached hydrogens (tertiary/aromatic N) is 1.